The van der Waals surface area contributed by atoms with Crippen LogP contribution in [0.5, 0.6) is 11.5 Å². The maximum absolute atomic E-state index is 13.5. The van der Waals surface area contributed by atoms with Gasteiger partial charge in [-0.25, -0.2) is 0 Å². The molecule has 2 aromatic rings. The van der Waals surface area contributed by atoms with Crippen LogP contribution in [0.2, 0.25) is 5.02 Å². The van der Waals surface area contributed by atoms with E-state index in [2.05, 4.69) is 10.2 Å². The second kappa shape index (κ2) is 9.61. The van der Waals surface area contributed by atoms with Crippen LogP contribution in [0.15, 0.2) is 42.5 Å². The monoisotopic (exact) mass is 469 g/mol. The second-order valence-corrected chi connectivity index (χ2v) is 9.32. The second-order valence-electron chi connectivity index (χ2n) is 8.88. The van der Waals surface area contributed by atoms with Gasteiger partial charge in [0.15, 0.2) is 11.5 Å². The van der Waals surface area contributed by atoms with E-state index in [9.17, 15) is 9.59 Å². The molecule has 2 amide bonds. The van der Waals surface area contributed by atoms with Crippen molar-refractivity contribution in [3.63, 3.8) is 0 Å². The minimum Gasteiger partial charge on any atom is -0.454 e. The van der Waals surface area contributed by atoms with E-state index in [-0.39, 0.29) is 24.6 Å². The molecule has 1 aliphatic carbocycles. The summed E-state index contributed by atoms with van der Waals surface area (Å²) in [5.74, 6) is 1.70. The zero-order valence-corrected chi connectivity index (χ0v) is 19.2. The van der Waals surface area contributed by atoms with Crippen LogP contribution in [0.4, 0.5) is 5.69 Å². The number of ether oxygens (including phenoxy) is 2. The van der Waals surface area contributed by atoms with Gasteiger partial charge in [-0.2, -0.15) is 0 Å². The number of hydrogen-bond donors (Lipinski definition) is 1. The van der Waals surface area contributed by atoms with Crippen molar-refractivity contribution in [1.82, 2.24) is 9.80 Å². The van der Waals surface area contributed by atoms with Crippen molar-refractivity contribution in [1.29, 1.82) is 0 Å². The molecule has 2 fully saturated rings. The smallest absolute Gasteiger partial charge is 0.253 e. The summed E-state index contributed by atoms with van der Waals surface area (Å²) >= 11 is 5.95. The summed E-state index contributed by atoms with van der Waals surface area (Å²) in [6, 6.07) is 12.3. The number of anilines is 1. The summed E-state index contributed by atoms with van der Waals surface area (Å²) in [4.78, 5) is 30.4. The van der Waals surface area contributed by atoms with Crippen molar-refractivity contribution in [3.05, 3.63) is 53.1 Å². The maximum atomic E-state index is 13.5. The van der Waals surface area contributed by atoms with E-state index < -0.39 is 0 Å². The third-order valence-corrected chi connectivity index (χ3v) is 7.09. The molecule has 3 aliphatic rings. The predicted octanol–water partition coefficient (Wildman–Crippen LogP) is 4.02. The molecular weight excluding hydrogens is 442 g/mol. The number of hydrogen-bond acceptors (Lipinski definition) is 5. The summed E-state index contributed by atoms with van der Waals surface area (Å²) < 4.78 is 10.8. The van der Waals surface area contributed by atoms with Crippen LogP contribution >= 0.6 is 11.6 Å². The molecule has 2 heterocycles. The van der Waals surface area contributed by atoms with Gasteiger partial charge >= 0.3 is 0 Å². The number of carbonyl (C=O) groups is 2. The molecule has 2 aliphatic heterocycles. The first kappa shape index (κ1) is 22.0. The van der Waals surface area contributed by atoms with Gasteiger partial charge in [0.25, 0.3) is 5.91 Å². The van der Waals surface area contributed by atoms with Gasteiger partial charge in [0.05, 0.1) is 6.04 Å². The van der Waals surface area contributed by atoms with Crippen molar-refractivity contribution in [3.8, 4) is 11.5 Å². The third kappa shape index (κ3) is 4.80. The fourth-order valence-electron chi connectivity index (χ4n) is 5.12. The lowest BCUT2D eigenvalue weighted by molar-refractivity contribution is -0.123. The largest absolute Gasteiger partial charge is 0.454 e. The molecule has 2 aromatic carbocycles. The third-order valence-electron chi connectivity index (χ3n) is 6.84. The summed E-state index contributed by atoms with van der Waals surface area (Å²) in [6.07, 6.45) is 4.44. The Kier molecular flexibility index (Phi) is 6.42. The Morgan fingerprint density at radius 3 is 2.36 bits per heavy atom. The summed E-state index contributed by atoms with van der Waals surface area (Å²) in [7, 11) is 0. The zero-order chi connectivity index (χ0) is 22.8. The molecule has 0 unspecified atom stereocenters. The fourth-order valence-corrected chi connectivity index (χ4v) is 5.25. The lowest BCUT2D eigenvalue weighted by Gasteiger charge is -2.40. The standard InChI is InChI=1S/C25H28ClN3O4/c26-19-7-5-18(6-8-19)25(31)29-13-11-28(12-14-29)23(17-3-1-2-4-17)24(30)27-20-9-10-21-22(15-20)33-16-32-21/h5-10,15,17,23H,1-4,11-14,16H2,(H,27,30)/t23-/m0/s1. The van der Waals surface area contributed by atoms with Gasteiger partial charge < -0.3 is 19.7 Å². The quantitative estimate of drug-likeness (QED) is 0.716. The van der Waals surface area contributed by atoms with Gasteiger partial charge in [0.1, 0.15) is 0 Å². The average molecular weight is 470 g/mol. The molecule has 33 heavy (non-hydrogen) atoms. The van der Waals surface area contributed by atoms with Gasteiger partial charge in [-0.1, -0.05) is 24.4 Å². The van der Waals surface area contributed by atoms with Crippen LogP contribution in [-0.2, 0) is 4.79 Å². The van der Waals surface area contributed by atoms with Crippen LogP contribution in [0, 0.1) is 5.92 Å². The Balaban J connectivity index is 1.26. The van der Waals surface area contributed by atoms with Crippen LogP contribution < -0.4 is 14.8 Å². The number of benzene rings is 2. The molecule has 1 saturated carbocycles. The molecule has 0 bridgehead atoms. The Morgan fingerprint density at radius 1 is 0.939 bits per heavy atom. The molecule has 174 valence electrons. The highest BCUT2D eigenvalue weighted by molar-refractivity contribution is 6.30. The molecule has 8 heteroatoms. The van der Waals surface area contributed by atoms with E-state index >= 15 is 0 Å². The molecule has 1 N–H and O–H groups in total. The van der Waals surface area contributed by atoms with Crippen molar-refractivity contribution >= 4 is 29.1 Å². The van der Waals surface area contributed by atoms with E-state index in [0.717, 1.165) is 25.7 Å². The van der Waals surface area contributed by atoms with E-state index in [1.807, 2.05) is 23.1 Å². The SMILES string of the molecule is O=C(Nc1ccc2c(c1)OCO2)[C@H](C1CCCC1)N1CCN(C(=O)c2ccc(Cl)cc2)CC1. The van der Waals surface area contributed by atoms with Crippen molar-refractivity contribution < 1.29 is 19.1 Å². The number of piperazine rings is 1. The molecule has 7 nitrogen and oxygen atoms in total. The molecule has 0 spiro atoms. The number of nitrogens with one attached hydrogen (secondary N) is 1. The van der Waals surface area contributed by atoms with Crippen LogP contribution in [0.1, 0.15) is 36.0 Å². The first-order valence-corrected chi connectivity index (χ1v) is 12.0. The summed E-state index contributed by atoms with van der Waals surface area (Å²) in [5, 5.41) is 3.72. The minimum atomic E-state index is -0.203. The Bertz CT molecular complexity index is 1010. The van der Waals surface area contributed by atoms with Gasteiger partial charge in [0.2, 0.25) is 12.7 Å². The average Bonchev–Trinajstić information content (AvgIpc) is 3.52. The van der Waals surface area contributed by atoms with E-state index in [4.69, 9.17) is 21.1 Å². The van der Waals surface area contributed by atoms with Crippen LogP contribution in [-0.4, -0.2) is 60.6 Å². The van der Waals surface area contributed by atoms with E-state index in [1.165, 1.54) is 0 Å². The Labute approximate surface area is 198 Å². The molecule has 0 aromatic heterocycles. The fraction of sp³-hybridized carbons (Fsp3) is 0.440. The van der Waals surface area contributed by atoms with Gasteiger partial charge in [0, 0.05) is 48.5 Å². The molecule has 1 atom stereocenters. The molecule has 5 rings (SSSR count). The van der Waals surface area contributed by atoms with E-state index in [0.29, 0.717) is 59.9 Å². The van der Waals surface area contributed by atoms with Crippen molar-refractivity contribution in [2.24, 2.45) is 5.92 Å². The predicted molar refractivity (Wildman–Crippen MR) is 126 cm³/mol. The van der Waals surface area contributed by atoms with E-state index in [1.54, 1.807) is 24.3 Å². The first-order chi connectivity index (χ1) is 16.1. The minimum absolute atomic E-state index is 0.00791. The van der Waals surface area contributed by atoms with Crippen LogP contribution in [0.25, 0.3) is 0 Å². The summed E-state index contributed by atoms with van der Waals surface area (Å²) in [5.41, 5.74) is 1.35. The number of nitrogens with zero attached hydrogens (tertiary/aromatic N) is 2. The number of halogens is 1. The molecule has 1 saturated heterocycles. The molecule has 0 radical (unpaired) electrons. The Hall–Kier alpha value is -2.77. The van der Waals surface area contributed by atoms with Crippen LogP contribution in [0.3, 0.4) is 0 Å². The highest BCUT2D eigenvalue weighted by Gasteiger charge is 2.37. The number of rotatable bonds is 5. The number of amides is 2. The number of fused-ring (bicyclic) bond motifs is 1. The molecular formula is C25H28ClN3O4. The highest BCUT2D eigenvalue weighted by atomic mass is 35.5. The lowest BCUT2D eigenvalue weighted by Crippen LogP contribution is -2.56. The zero-order valence-electron chi connectivity index (χ0n) is 18.5. The van der Waals surface area contributed by atoms with Gasteiger partial charge in [-0.15, -0.1) is 0 Å². The lowest BCUT2D eigenvalue weighted by atomic mass is 9.94. The van der Waals surface area contributed by atoms with Crippen molar-refractivity contribution in [2.45, 2.75) is 31.7 Å². The topological polar surface area (TPSA) is 71.1 Å². The normalized spacial score (nSPS) is 19.5. The first-order valence-electron chi connectivity index (χ1n) is 11.6. The highest BCUT2D eigenvalue weighted by Crippen LogP contribution is 2.35. The van der Waals surface area contributed by atoms with Gasteiger partial charge in [-0.3, -0.25) is 14.5 Å². The Morgan fingerprint density at radius 2 is 1.64 bits per heavy atom. The summed E-state index contributed by atoms with van der Waals surface area (Å²) in [6.45, 7) is 2.75. The maximum Gasteiger partial charge on any atom is 0.253 e. The number of carbonyl (C=O) groups excluding carboxylic acids is 2. The van der Waals surface area contributed by atoms with Gasteiger partial charge in [-0.05, 0) is 55.2 Å². The van der Waals surface area contributed by atoms with Crippen molar-refractivity contribution in [2.75, 3.05) is 38.3 Å².